The highest BCUT2D eigenvalue weighted by Gasteiger charge is 2.39. The van der Waals surface area contributed by atoms with Crippen molar-refractivity contribution in [1.29, 1.82) is 0 Å². The summed E-state index contributed by atoms with van der Waals surface area (Å²) in [6.07, 6.45) is 1.33. The molecule has 2 aromatic carbocycles. The van der Waals surface area contributed by atoms with Gasteiger partial charge in [0.2, 0.25) is 0 Å². The number of benzene rings is 2. The summed E-state index contributed by atoms with van der Waals surface area (Å²) in [5.41, 5.74) is 2.28. The van der Waals surface area contributed by atoms with Gasteiger partial charge in [0.1, 0.15) is 11.4 Å². The SMILES string of the molecule is COCCCOc1cc(C(=O)N(C[C@H]2CN(C(=O)OC(C)(C)C)C[C@H]2Cc2ccccc2)C(C)C)ccc1C. The minimum Gasteiger partial charge on any atom is -0.493 e. The standard InChI is InChI=1S/C32H46N2O5/c1-23(2)34(30(35)26-15-14-24(3)29(19-26)38-17-11-16-37-7)22-28-21-33(31(36)39-32(4,5)6)20-27(28)18-25-12-9-8-10-13-25/h8-10,12-15,19,23,27-28H,11,16-18,20-22H2,1-7H3/t27-,28-/m1/s1. The van der Waals surface area contributed by atoms with E-state index >= 15 is 0 Å². The minimum atomic E-state index is -0.557. The lowest BCUT2D eigenvalue weighted by Gasteiger charge is -2.32. The zero-order chi connectivity index (χ0) is 28.6. The molecule has 2 amide bonds. The van der Waals surface area contributed by atoms with Gasteiger partial charge in [-0.3, -0.25) is 4.79 Å². The summed E-state index contributed by atoms with van der Waals surface area (Å²) in [7, 11) is 1.67. The van der Waals surface area contributed by atoms with Gasteiger partial charge < -0.3 is 24.0 Å². The highest BCUT2D eigenvalue weighted by molar-refractivity contribution is 5.95. The second-order valence-corrected chi connectivity index (χ2v) is 11.8. The van der Waals surface area contributed by atoms with Gasteiger partial charge in [-0.2, -0.15) is 0 Å². The molecular formula is C32H46N2O5. The summed E-state index contributed by atoms with van der Waals surface area (Å²) in [6, 6.07) is 16.0. The first-order valence-electron chi connectivity index (χ1n) is 14.0. The van der Waals surface area contributed by atoms with Crippen LogP contribution in [0.15, 0.2) is 48.5 Å². The van der Waals surface area contributed by atoms with Crippen LogP contribution in [0, 0.1) is 18.8 Å². The van der Waals surface area contributed by atoms with Gasteiger partial charge in [-0.1, -0.05) is 36.4 Å². The molecule has 3 rings (SSSR count). The molecule has 0 radical (unpaired) electrons. The maximum absolute atomic E-state index is 13.8. The molecule has 39 heavy (non-hydrogen) atoms. The van der Waals surface area contributed by atoms with Crippen LogP contribution in [0.4, 0.5) is 4.79 Å². The van der Waals surface area contributed by atoms with Crippen LogP contribution in [-0.4, -0.2) is 73.4 Å². The van der Waals surface area contributed by atoms with E-state index in [1.165, 1.54) is 5.56 Å². The molecule has 0 saturated carbocycles. The molecule has 0 unspecified atom stereocenters. The van der Waals surface area contributed by atoms with Gasteiger partial charge in [0, 0.05) is 51.4 Å². The number of carbonyl (C=O) groups is 2. The molecule has 7 heteroatoms. The van der Waals surface area contributed by atoms with Crippen LogP contribution in [0.5, 0.6) is 5.75 Å². The molecule has 0 aliphatic carbocycles. The van der Waals surface area contributed by atoms with Crippen molar-refractivity contribution in [2.75, 3.05) is 40.0 Å². The summed E-state index contributed by atoms with van der Waals surface area (Å²) in [4.78, 5) is 30.5. The maximum Gasteiger partial charge on any atom is 0.410 e. The Hall–Kier alpha value is -3.06. The minimum absolute atomic E-state index is 0.00201. The number of aryl methyl sites for hydroxylation is 1. The number of amides is 2. The fourth-order valence-corrected chi connectivity index (χ4v) is 4.99. The van der Waals surface area contributed by atoms with Gasteiger partial charge in [0.05, 0.1) is 6.61 Å². The summed E-state index contributed by atoms with van der Waals surface area (Å²) < 4.78 is 16.8. The highest BCUT2D eigenvalue weighted by atomic mass is 16.6. The molecule has 1 fully saturated rings. The first-order valence-corrected chi connectivity index (χ1v) is 14.0. The Morgan fingerprint density at radius 3 is 2.36 bits per heavy atom. The predicted molar refractivity (Wildman–Crippen MR) is 154 cm³/mol. The van der Waals surface area contributed by atoms with Gasteiger partial charge in [0.25, 0.3) is 5.91 Å². The number of methoxy groups -OCH3 is 1. The van der Waals surface area contributed by atoms with Crippen LogP contribution in [0.3, 0.4) is 0 Å². The van der Waals surface area contributed by atoms with Crippen molar-refractivity contribution in [2.45, 2.75) is 66.0 Å². The van der Waals surface area contributed by atoms with E-state index in [2.05, 4.69) is 12.1 Å². The molecule has 1 aliphatic heterocycles. The number of hydrogen-bond donors (Lipinski definition) is 0. The predicted octanol–water partition coefficient (Wildman–Crippen LogP) is 5.99. The Balaban J connectivity index is 1.79. The molecule has 0 spiro atoms. The summed E-state index contributed by atoms with van der Waals surface area (Å²) in [5, 5.41) is 0. The van der Waals surface area contributed by atoms with Gasteiger partial charge in [-0.15, -0.1) is 0 Å². The smallest absolute Gasteiger partial charge is 0.410 e. The molecule has 2 aromatic rings. The average molecular weight is 539 g/mol. The quantitative estimate of drug-likeness (QED) is 0.329. The van der Waals surface area contributed by atoms with E-state index in [0.717, 1.165) is 24.2 Å². The van der Waals surface area contributed by atoms with Crippen LogP contribution in [0.25, 0.3) is 0 Å². The van der Waals surface area contributed by atoms with E-state index in [-0.39, 0.29) is 29.9 Å². The number of ether oxygens (including phenoxy) is 3. The summed E-state index contributed by atoms with van der Waals surface area (Å²) in [5.74, 6) is 1.03. The monoisotopic (exact) mass is 538 g/mol. The van der Waals surface area contributed by atoms with Gasteiger partial charge in [0.15, 0.2) is 0 Å². The van der Waals surface area contributed by atoms with Gasteiger partial charge in [-0.05, 0) is 83.1 Å². The van der Waals surface area contributed by atoms with Crippen molar-refractivity contribution in [2.24, 2.45) is 11.8 Å². The fourth-order valence-electron chi connectivity index (χ4n) is 4.99. The number of rotatable bonds is 11. The number of nitrogens with zero attached hydrogens (tertiary/aromatic N) is 2. The van der Waals surface area contributed by atoms with E-state index in [1.54, 1.807) is 7.11 Å². The number of likely N-dealkylation sites (tertiary alicyclic amines) is 1. The number of hydrogen-bond acceptors (Lipinski definition) is 5. The van der Waals surface area contributed by atoms with Crippen molar-refractivity contribution in [3.05, 3.63) is 65.2 Å². The van der Waals surface area contributed by atoms with Crippen molar-refractivity contribution in [3.63, 3.8) is 0 Å². The molecule has 2 atom stereocenters. The average Bonchev–Trinajstić information content (AvgIpc) is 3.27. The molecule has 0 bridgehead atoms. The molecule has 1 heterocycles. The van der Waals surface area contributed by atoms with E-state index in [1.807, 2.05) is 87.7 Å². The van der Waals surface area contributed by atoms with Crippen LogP contribution in [0.2, 0.25) is 0 Å². The molecular weight excluding hydrogens is 492 g/mol. The summed E-state index contributed by atoms with van der Waals surface area (Å²) >= 11 is 0. The molecule has 214 valence electrons. The van der Waals surface area contributed by atoms with E-state index in [0.29, 0.717) is 38.4 Å². The van der Waals surface area contributed by atoms with Crippen LogP contribution in [0.1, 0.15) is 62.5 Å². The lowest BCUT2D eigenvalue weighted by molar-refractivity contribution is 0.0282. The Morgan fingerprint density at radius 1 is 1.03 bits per heavy atom. The lowest BCUT2D eigenvalue weighted by atomic mass is 9.89. The van der Waals surface area contributed by atoms with Crippen LogP contribution < -0.4 is 4.74 Å². The Kier molecular flexibility index (Phi) is 10.8. The zero-order valence-electron chi connectivity index (χ0n) is 24.7. The Labute approximate surface area is 234 Å². The summed E-state index contributed by atoms with van der Waals surface area (Å²) in [6.45, 7) is 14.6. The zero-order valence-corrected chi connectivity index (χ0v) is 24.7. The van der Waals surface area contributed by atoms with Crippen molar-refractivity contribution >= 4 is 12.0 Å². The van der Waals surface area contributed by atoms with Crippen molar-refractivity contribution in [3.8, 4) is 5.75 Å². The number of carbonyl (C=O) groups excluding carboxylic acids is 2. The topological polar surface area (TPSA) is 68.3 Å². The van der Waals surface area contributed by atoms with E-state index in [4.69, 9.17) is 14.2 Å². The Morgan fingerprint density at radius 2 is 1.72 bits per heavy atom. The first-order chi connectivity index (χ1) is 18.5. The van der Waals surface area contributed by atoms with Crippen molar-refractivity contribution in [1.82, 2.24) is 9.80 Å². The second-order valence-electron chi connectivity index (χ2n) is 11.8. The first kappa shape index (κ1) is 30.5. The van der Waals surface area contributed by atoms with Crippen molar-refractivity contribution < 1.29 is 23.8 Å². The molecule has 7 nitrogen and oxygen atoms in total. The largest absolute Gasteiger partial charge is 0.493 e. The highest BCUT2D eigenvalue weighted by Crippen LogP contribution is 2.30. The van der Waals surface area contributed by atoms with Gasteiger partial charge >= 0.3 is 6.09 Å². The van der Waals surface area contributed by atoms with Crippen LogP contribution in [-0.2, 0) is 15.9 Å². The normalized spacial score (nSPS) is 17.4. The maximum atomic E-state index is 13.8. The third-order valence-electron chi connectivity index (χ3n) is 7.07. The lowest BCUT2D eigenvalue weighted by Crippen LogP contribution is -2.42. The Bertz CT molecular complexity index is 1080. The molecule has 1 saturated heterocycles. The van der Waals surface area contributed by atoms with Gasteiger partial charge in [-0.25, -0.2) is 4.79 Å². The molecule has 0 aromatic heterocycles. The van der Waals surface area contributed by atoms with E-state index in [9.17, 15) is 9.59 Å². The second kappa shape index (κ2) is 13.8. The van der Waals surface area contributed by atoms with E-state index < -0.39 is 5.60 Å². The molecule has 1 aliphatic rings. The van der Waals surface area contributed by atoms with Crippen LogP contribution >= 0.6 is 0 Å². The fraction of sp³-hybridized carbons (Fsp3) is 0.562. The molecule has 0 N–H and O–H groups in total. The third-order valence-corrected chi connectivity index (χ3v) is 7.07. The third kappa shape index (κ3) is 8.99.